The maximum absolute atomic E-state index is 11.5. The smallest absolute Gasteiger partial charge is 0.336 e. The number of aryl methyl sites for hydroxylation is 2. The van der Waals surface area contributed by atoms with Crippen LogP contribution in [0, 0.1) is 6.92 Å². The Bertz CT molecular complexity index is 689. The summed E-state index contributed by atoms with van der Waals surface area (Å²) in [4.78, 5) is 11.5. The van der Waals surface area contributed by atoms with Crippen molar-refractivity contribution in [3.8, 4) is 5.75 Å². The molecule has 0 fully saturated rings. The third-order valence-corrected chi connectivity index (χ3v) is 3.46. The number of ether oxygens (including phenoxy) is 2. The number of aliphatic hydroxyl groups excluding tert-OH is 1. The van der Waals surface area contributed by atoms with Crippen molar-refractivity contribution in [1.82, 2.24) is 0 Å². The lowest BCUT2D eigenvalue weighted by molar-refractivity contribution is 0.0163. The van der Waals surface area contributed by atoms with Gasteiger partial charge in [-0.2, -0.15) is 0 Å². The molecule has 0 radical (unpaired) electrons. The molecule has 1 atom stereocenters. The van der Waals surface area contributed by atoms with Gasteiger partial charge in [-0.25, -0.2) is 4.79 Å². The SMILES string of the molecule is CCOC[C@@H](O)COc1cc2oc(=O)cc(C)c2cc1CC. The standard InChI is InChI=1S/C17H22O5/c1-4-12-7-14-11(3)6-17(19)22-16(14)8-15(12)21-10-13(18)9-20-5-2/h6-8,13,18H,4-5,9-10H2,1-3H3/t13-/m1/s1. The zero-order chi connectivity index (χ0) is 16.1. The van der Waals surface area contributed by atoms with Crippen molar-refractivity contribution in [2.45, 2.75) is 33.3 Å². The first-order valence-corrected chi connectivity index (χ1v) is 7.51. The van der Waals surface area contributed by atoms with Gasteiger partial charge in [0.1, 0.15) is 24.0 Å². The van der Waals surface area contributed by atoms with Gasteiger partial charge in [-0.15, -0.1) is 0 Å². The minimum atomic E-state index is -0.690. The van der Waals surface area contributed by atoms with Crippen molar-refractivity contribution in [1.29, 1.82) is 0 Å². The summed E-state index contributed by atoms with van der Waals surface area (Å²) in [5.41, 5.74) is 2.00. The lowest BCUT2D eigenvalue weighted by Crippen LogP contribution is -2.23. The van der Waals surface area contributed by atoms with Crippen molar-refractivity contribution >= 4 is 11.0 Å². The van der Waals surface area contributed by atoms with Crippen LogP contribution >= 0.6 is 0 Å². The monoisotopic (exact) mass is 306 g/mol. The summed E-state index contributed by atoms with van der Waals surface area (Å²) in [6.45, 7) is 6.70. The highest BCUT2D eigenvalue weighted by Gasteiger charge is 2.11. The predicted octanol–water partition coefficient (Wildman–Crippen LogP) is 2.44. The Morgan fingerprint density at radius 3 is 2.68 bits per heavy atom. The van der Waals surface area contributed by atoms with Gasteiger partial charge in [0.05, 0.1) is 6.61 Å². The first kappa shape index (κ1) is 16.5. The zero-order valence-electron chi connectivity index (χ0n) is 13.2. The van der Waals surface area contributed by atoms with E-state index < -0.39 is 6.10 Å². The molecule has 0 aliphatic heterocycles. The Balaban J connectivity index is 2.26. The van der Waals surface area contributed by atoms with E-state index in [0.717, 1.165) is 22.9 Å². The number of benzene rings is 1. The van der Waals surface area contributed by atoms with E-state index in [9.17, 15) is 9.90 Å². The highest BCUT2D eigenvalue weighted by Crippen LogP contribution is 2.27. The topological polar surface area (TPSA) is 68.9 Å². The molecule has 1 aromatic heterocycles. The van der Waals surface area contributed by atoms with Crippen molar-refractivity contribution < 1.29 is 19.0 Å². The molecule has 2 rings (SSSR count). The summed E-state index contributed by atoms with van der Waals surface area (Å²) in [5.74, 6) is 0.624. The largest absolute Gasteiger partial charge is 0.490 e. The Hall–Kier alpha value is -1.85. The van der Waals surface area contributed by atoms with Crippen LogP contribution in [0.4, 0.5) is 0 Å². The van der Waals surface area contributed by atoms with E-state index in [2.05, 4.69) is 0 Å². The Labute approximate surface area is 129 Å². The predicted molar refractivity (Wildman–Crippen MR) is 84.6 cm³/mol. The second-order valence-corrected chi connectivity index (χ2v) is 5.18. The van der Waals surface area contributed by atoms with E-state index in [0.29, 0.717) is 17.9 Å². The molecule has 0 amide bonds. The Morgan fingerprint density at radius 2 is 2.00 bits per heavy atom. The van der Waals surface area contributed by atoms with Crippen LogP contribution in [0.25, 0.3) is 11.0 Å². The molecule has 0 aliphatic rings. The second kappa shape index (κ2) is 7.42. The van der Waals surface area contributed by atoms with E-state index in [1.165, 1.54) is 6.07 Å². The molecule has 1 N–H and O–H groups in total. The number of aliphatic hydroxyl groups is 1. The molecular formula is C17H22O5. The van der Waals surface area contributed by atoms with Crippen molar-refractivity contribution in [2.24, 2.45) is 0 Å². The molecule has 120 valence electrons. The molecular weight excluding hydrogens is 284 g/mol. The fourth-order valence-electron chi connectivity index (χ4n) is 2.29. The highest BCUT2D eigenvalue weighted by atomic mass is 16.5. The normalized spacial score (nSPS) is 12.5. The van der Waals surface area contributed by atoms with E-state index in [1.54, 1.807) is 6.07 Å². The fourth-order valence-corrected chi connectivity index (χ4v) is 2.29. The van der Waals surface area contributed by atoms with Crippen molar-refractivity contribution in [3.63, 3.8) is 0 Å². The van der Waals surface area contributed by atoms with E-state index in [4.69, 9.17) is 13.9 Å². The quantitative estimate of drug-likeness (QED) is 0.796. The van der Waals surface area contributed by atoms with Crippen molar-refractivity contribution in [3.05, 3.63) is 39.7 Å². The van der Waals surface area contributed by atoms with Crippen LogP contribution in [0.2, 0.25) is 0 Å². The van der Waals surface area contributed by atoms with Gasteiger partial charge in [-0.1, -0.05) is 6.92 Å². The van der Waals surface area contributed by atoms with Crippen LogP contribution in [0.5, 0.6) is 5.75 Å². The number of fused-ring (bicyclic) bond motifs is 1. The van der Waals surface area contributed by atoms with E-state index in [1.807, 2.05) is 26.8 Å². The number of hydrogen-bond acceptors (Lipinski definition) is 5. The maximum Gasteiger partial charge on any atom is 0.336 e. The minimum absolute atomic E-state index is 0.133. The lowest BCUT2D eigenvalue weighted by Gasteiger charge is -2.15. The van der Waals surface area contributed by atoms with Gasteiger partial charge < -0.3 is 19.0 Å². The van der Waals surface area contributed by atoms with E-state index >= 15 is 0 Å². The van der Waals surface area contributed by atoms with Gasteiger partial charge >= 0.3 is 5.63 Å². The Morgan fingerprint density at radius 1 is 1.23 bits per heavy atom. The maximum atomic E-state index is 11.5. The third-order valence-electron chi connectivity index (χ3n) is 3.46. The molecule has 0 unspecified atom stereocenters. The summed E-state index contributed by atoms with van der Waals surface area (Å²) < 4.78 is 16.1. The van der Waals surface area contributed by atoms with Crippen LogP contribution in [0.15, 0.2) is 27.4 Å². The molecule has 0 aliphatic carbocycles. The summed E-state index contributed by atoms with van der Waals surface area (Å²) in [7, 11) is 0. The zero-order valence-corrected chi connectivity index (χ0v) is 13.2. The first-order chi connectivity index (χ1) is 10.5. The fraction of sp³-hybridized carbons (Fsp3) is 0.471. The van der Waals surface area contributed by atoms with Crippen LogP contribution < -0.4 is 10.4 Å². The van der Waals surface area contributed by atoms with E-state index in [-0.39, 0.29) is 18.8 Å². The molecule has 0 spiro atoms. The van der Waals surface area contributed by atoms with Gasteiger partial charge in [0.25, 0.3) is 0 Å². The van der Waals surface area contributed by atoms with Gasteiger partial charge in [-0.3, -0.25) is 0 Å². The average Bonchev–Trinajstić information content (AvgIpc) is 2.49. The van der Waals surface area contributed by atoms with Crippen LogP contribution in [-0.2, 0) is 11.2 Å². The summed E-state index contributed by atoms with van der Waals surface area (Å²) >= 11 is 0. The van der Waals surface area contributed by atoms with Crippen LogP contribution in [-0.4, -0.2) is 31.0 Å². The molecule has 0 saturated heterocycles. The van der Waals surface area contributed by atoms with Gasteiger partial charge in [0, 0.05) is 24.1 Å². The molecule has 2 aromatic rings. The minimum Gasteiger partial charge on any atom is -0.490 e. The average molecular weight is 306 g/mol. The number of hydrogen-bond donors (Lipinski definition) is 1. The summed E-state index contributed by atoms with van der Waals surface area (Å²) in [6, 6.07) is 5.17. The van der Waals surface area contributed by atoms with Crippen molar-refractivity contribution in [2.75, 3.05) is 19.8 Å². The Kier molecular flexibility index (Phi) is 5.57. The molecule has 5 nitrogen and oxygen atoms in total. The summed E-state index contributed by atoms with van der Waals surface area (Å²) in [6.07, 6.45) is 0.0932. The summed E-state index contributed by atoms with van der Waals surface area (Å²) in [5, 5.41) is 10.7. The second-order valence-electron chi connectivity index (χ2n) is 5.18. The molecule has 0 bridgehead atoms. The van der Waals surface area contributed by atoms with Crippen LogP contribution in [0.1, 0.15) is 25.0 Å². The molecule has 1 aromatic carbocycles. The molecule has 22 heavy (non-hydrogen) atoms. The molecule has 5 heteroatoms. The molecule has 0 saturated carbocycles. The first-order valence-electron chi connectivity index (χ1n) is 7.51. The van der Waals surface area contributed by atoms with Crippen LogP contribution in [0.3, 0.4) is 0 Å². The highest BCUT2D eigenvalue weighted by molar-refractivity contribution is 5.82. The van der Waals surface area contributed by atoms with Gasteiger partial charge in [-0.05, 0) is 37.5 Å². The van der Waals surface area contributed by atoms with Gasteiger partial charge in [0.15, 0.2) is 0 Å². The molecule has 1 heterocycles. The number of rotatable bonds is 7. The third kappa shape index (κ3) is 3.87. The lowest BCUT2D eigenvalue weighted by atomic mass is 10.1. The van der Waals surface area contributed by atoms with Gasteiger partial charge in [0.2, 0.25) is 0 Å².